The first-order chi connectivity index (χ1) is 11.9. The highest BCUT2D eigenvalue weighted by atomic mass is 35.5. The Morgan fingerprint density at radius 1 is 1.12 bits per heavy atom. The van der Waals surface area contributed by atoms with Crippen molar-refractivity contribution in [3.8, 4) is 5.75 Å². The second-order valence-corrected chi connectivity index (χ2v) is 5.36. The van der Waals surface area contributed by atoms with Crippen molar-refractivity contribution in [1.82, 2.24) is 5.32 Å². The fraction of sp³-hybridized carbons (Fsp3) is 0.118. The Balaban J connectivity index is 2.00. The third kappa shape index (κ3) is 4.71. The molecule has 0 spiro atoms. The molecule has 130 valence electrons. The molecule has 7 nitrogen and oxygen atoms in total. The Morgan fingerprint density at radius 3 is 2.52 bits per heavy atom. The van der Waals surface area contributed by atoms with E-state index in [0.29, 0.717) is 10.6 Å². The molecule has 2 amide bonds. The van der Waals surface area contributed by atoms with Crippen molar-refractivity contribution < 1.29 is 24.2 Å². The number of amides is 2. The summed E-state index contributed by atoms with van der Waals surface area (Å²) in [6.07, 6.45) is 0. The molecule has 0 saturated carbocycles. The molecule has 0 saturated heterocycles. The van der Waals surface area contributed by atoms with Gasteiger partial charge in [-0.25, -0.2) is 4.79 Å². The van der Waals surface area contributed by atoms with Crippen LogP contribution >= 0.6 is 11.6 Å². The van der Waals surface area contributed by atoms with Crippen molar-refractivity contribution in [3.05, 3.63) is 58.6 Å². The zero-order valence-corrected chi connectivity index (χ0v) is 14.0. The lowest BCUT2D eigenvalue weighted by Crippen LogP contribution is -2.35. The van der Waals surface area contributed by atoms with E-state index in [2.05, 4.69) is 15.4 Å². The van der Waals surface area contributed by atoms with Gasteiger partial charge in [0.15, 0.2) is 0 Å². The molecule has 25 heavy (non-hydrogen) atoms. The average molecular weight is 363 g/mol. The molecule has 0 fully saturated rings. The lowest BCUT2D eigenvalue weighted by atomic mass is 10.1. The smallest absolute Gasteiger partial charge is 0.341 e. The highest BCUT2D eigenvalue weighted by molar-refractivity contribution is 6.39. The number of esters is 1. The maximum absolute atomic E-state index is 11.9. The molecule has 0 radical (unpaired) electrons. The van der Waals surface area contributed by atoms with Gasteiger partial charge in [-0.1, -0.05) is 29.8 Å². The minimum Gasteiger partial charge on any atom is -0.507 e. The molecule has 2 rings (SSSR count). The number of hydrogen-bond donors (Lipinski definition) is 3. The predicted octanol–water partition coefficient (Wildman–Crippen LogP) is 2.09. The molecular formula is C17H15ClN2O5. The second kappa shape index (κ2) is 8.16. The number of phenolic OH excluding ortho intramolecular Hbond substituents is 1. The molecule has 0 atom stereocenters. The van der Waals surface area contributed by atoms with E-state index in [4.69, 9.17) is 11.6 Å². The van der Waals surface area contributed by atoms with Gasteiger partial charge in [-0.15, -0.1) is 0 Å². The molecule has 8 heteroatoms. The van der Waals surface area contributed by atoms with E-state index in [1.807, 2.05) is 0 Å². The third-order valence-corrected chi connectivity index (χ3v) is 3.63. The number of nitrogens with one attached hydrogen (secondary N) is 2. The quantitative estimate of drug-likeness (QED) is 0.439. The minimum atomic E-state index is -0.923. The van der Waals surface area contributed by atoms with E-state index in [9.17, 15) is 19.5 Å². The summed E-state index contributed by atoms with van der Waals surface area (Å²) in [6, 6.07) is 10.7. The summed E-state index contributed by atoms with van der Waals surface area (Å²) in [5.41, 5.74) is 0.704. The van der Waals surface area contributed by atoms with Crippen LogP contribution in [0.3, 0.4) is 0 Å². The fourth-order valence-electron chi connectivity index (χ4n) is 1.97. The first-order valence-electron chi connectivity index (χ1n) is 7.16. The summed E-state index contributed by atoms with van der Waals surface area (Å²) in [5.74, 6) is -2.86. The van der Waals surface area contributed by atoms with Gasteiger partial charge in [-0.05, 0) is 29.8 Å². The van der Waals surface area contributed by atoms with Crippen LogP contribution in [0, 0.1) is 0 Å². The molecule has 2 aromatic carbocycles. The number of aromatic hydroxyl groups is 1. The van der Waals surface area contributed by atoms with Gasteiger partial charge in [-0.2, -0.15) is 0 Å². The number of phenols is 1. The molecule has 3 N–H and O–H groups in total. The van der Waals surface area contributed by atoms with Gasteiger partial charge in [0.25, 0.3) is 0 Å². The zero-order valence-electron chi connectivity index (χ0n) is 13.2. The van der Waals surface area contributed by atoms with Crippen molar-refractivity contribution in [3.63, 3.8) is 0 Å². The van der Waals surface area contributed by atoms with Crippen molar-refractivity contribution in [2.75, 3.05) is 12.4 Å². The average Bonchev–Trinajstić information content (AvgIpc) is 2.61. The number of methoxy groups -OCH3 is 1. The van der Waals surface area contributed by atoms with E-state index in [0.717, 1.165) is 7.11 Å². The Hall–Kier alpha value is -3.06. The topological polar surface area (TPSA) is 105 Å². The van der Waals surface area contributed by atoms with Crippen molar-refractivity contribution in [2.24, 2.45) is 0 Å². The molecular weight excluding hydrogens is 348 g/mol. The summed E-state index contributed by atoms with van der Waals surface area (Å²) in [6.45, 7) is 0.0922. The normalized spacial score (nSPS) is 10.0. The third-order valence-electron chi connectivity index (χ3n) is 3.26. The van der Waals surface area contributed by atoms with Crippen LogP contribution < -0.4 is 10.6 Å². The van der Waals surface area contributed by atoms with Gasteiger partial charge >= 0.3 is 17.8 Å². The summed E-state index contributed by atoms with van der Waals surface area (Å²) in [7, 11) is 1.16. The van der Waals surface area contributed by atoms with Crippen molar-refractivity contribution in [1.29, 1.82) is 0 Å². The number of rotatable bonds is 4. The Bertz CT molecular complexity index is 822. The number of anilines is 1. The van der Waals surface area contributed by atoms with E-state index >= 15 is 0 Å². The van der Waals surface area contributed by atoms with Crippen LogP contribution in [0.1, 0.15) is 15.9 Å². The van der Waals surface area contributed by atoms with Crippen LogP contribution in [0.5, 0.6) is 5.75 Å². The monoisotopic (exact) mass is 362 g/mol. The van der Waals surface area contributed by atoms with E-state index < -0.39 is 17.8 Å². The van der Waals surface area contributed by atoms with E-state index in [1.165, 1.54) is 18.2 Å². The lowest BCUT2D eigenvalue weighted by molar-refractivity contribution is -0.136. The van der Waals surface area contributed by atoms with Crippen LogP contribution in [0.2, 0.25) is 5.02 Å². The SMILES string of the molecule is COC(=O)c1cc(NC(=O)C(=O)NCc2ccccc2Cl)ccc1O. The van der Waals surface area contributed by atoms with Gasteiger partial charge in [0, 0.05) is 17.3 Å². The van der Waals surface area contributed by atoms with Crippen LogP contribution in [-0.2, 0) is 20.9 Å². The van der Waals surface area contributed by atoms with Crippen molar-refractivity contribution in [2.45, 2.75) is 6.54 Å². The molecule has 2 aromatic rings. The van der Waals surface area contributed by atoms with Crippen LogP contribution in [-0.4, -0.2) is 30.0 Å². The second-order valence-electron chi connectivity index (χ2n) is 4.95. The van der Waals surface area contributed by atoms with Gasteiger partial charge in [0.2, 0.25) is 0 Å². The highest BCUT2D eigenvalue weighted by Crippen LogP contribution is 2.22. The maximum atomic E-state index is 11.9. The van der Waals surface area contributed by atoms with Gasteiger partial charge in [-0.3, -0.25) is 9.59 Å². The molecule has 0 bridgehead atoms. The number of hydrogen-bond acceptors (Lipinski definition) is 5. The first-order valence-corrected chi connectivity index (χ1v) is 7.54. The van der Waals surface area contributed by atoms with E-state index in [-0.39, 0.29) is 23.5 Å². The molecule has 0 unspecified atom stereocenters. The fourth-order valence-corrected chi connectivity index (χ4v) is 2.18. The summed E-state index contributed by atoms with van der Waals surface area (Å²) >= 11 is 5.97. The molecule has 0 aliphatic rings. The van der Waals surface area contributed by atoms with E-state index in [1.54, 1.807) is 24.3 Å². The first kappa shape index (κ1) is 18.3. The lowest BCUT2D eigenvalue weighted by Gasteiger charge is -2.09. The molecule has 0 heterocycles. The number of ether oxygens (including phenoxy) is 1. The summed E-state index contributed by atoms with van der Waals surface area (Å²) in [4.78, 5) is 35.3. The Morgan fingerprint density at radius 2 is 1.84 bits per heavy atom. The number of carbonyl (C=O) groups is 3. The standard InChI is InChI=1S/C17H15ClN2O5/c1-25-17(24)12-8-11(6-7-14(12)21)20-16(23)15(22)19-9-10-4-2-3-5-13(10)18/h2-8,21H,9H2,1H3,(H,19,22)(H,20,23). The van der Waals surface area contributed by atoms with Crippen LogP contribution in [0.15, 0.2) is 42.5 Å². The minimum absolute atomic E-state index is 0.0922. The summed E-state index contributed by atoms with van der Waals surface area (Å²) in [5, 5.41) is 14.9. The van der Waals surface area contributed by atoms with Crippen LogP contribution in [0.25, 0.3) is 0 Å². The molecule has 0 aliphatic heterocycles. The number of halogens is 1. The van der Waals surface area contributed by atoms with Crippen LogP contribution in [0.4, 0.5) is 5.69 Å². The number of benzene rings is 2. The Labute approximate surface area is 148 Å². The highest BCUT2D eigenvalue weighted by Gasteiger charge is 2.17. The Kier molecular flexibility index (Phi) is 5.97. The summed E-state index contributed by atoms with van der Waals surface area (Å²) < 4.78 is 4.52. The number of carbonyl (C=O) groups excluding carboxylic acids is 3. The van der Waals surface area contributed by atoms with Gasteiger partial charge in [0.1, 0.15) is 11.3 Å². The predicted molar refractivity (Wildman–Crippen MR) is 91.4 cm³/mol. The molecule has 0 aromatic heterocycles. The molecule has 0 aliphatic carbocycles. The maximum Gasteiger partial charge on any atom is 0.341 e. The van der Waals surface area contributed by atoms with Crippen molar-refractivity contribution >= 4 is 35.1 Å². The van der Waals surface area contributed by atoms with Gasteiger partial charge < -0.3 is 20.5 Å². The van der Waals surface area contributed by atoms with Gasteiger partial charge in [0.05, 0.1) is 7.11 Å². The zero-order chi connectivity index (χ0) is 18.4. The largest absolute Gasteiger partial charge is 0.507 e.